The van der Waals surface area contributed by atoms with Gasteiger partial charge in [0, 0.05) is 12.3 Å². The number of hydrogen-bond donors (Lipinski definition) is 4. The Hall–Kier alpha value is -4.71. The molecule has 5 aromatic rings. The summed E-state index contributed by atoms with van der Waals surface area (Å²) in [4.78, 5) is 85.0. The zero-order valence-corrected chi connectivity index (χ0v) is 35.6. The first-order valence-electron chi connectivity index (χ1n) is 18.7. The number of rotatable bonds is 8. The van der Waals surface area contributed by atoms with Gasteiger partial charge in [-0.2, -0.15) is 0 Å². The predicted molar refractivity (Wildman–Crippen MR) is 212 cm³/mol. The van der Waals surface area contributed by atoms with Crippen molar-refractivity contribution in [1.82, 2.24) is 58.9 Å². The normalized spacial score (nSPS) is 32.7. The number of alkyl halides is 2. The first kappa shape index (κ1) is 43.5. The molecule has 5 N–H and O–H groups in total. The largest absolute Gasteiger partial charge is 0.447 e. The van der Waals surface area contributed by atoms with Crippen molar-refractivity contribution in [3.05, 3.63) is 37.2 Å². The van der Waals surface area contributed by atoms with Crippen LogP contribution in [0.25, 0.3) is 22.3 Å². The van der Waals surface area contributed by atoms with E-state index in [1.807, 2.05) is 0 Å². The maximum atomic E-state index is 16.5. The second kappa shape index (κ2) is 17.0. The van der Waals surface area contributed by atoms with E-state index in [9.17, 15) is 24.2 Å². The monoisotopic (exact) mass is 958 g/mol. The molecule has 336 valence electrons. The van der Waals surface area contributed by atoms with Gasteiger partial charge in [0.1, 0.15) is 54.9 Å². The number of aromatic nitrogens is 11. The summed E-state index contributed by atoms with van der Waals surface area (Å²) in [5.74, 6) is -1.06. The third-order valence-corrected chi connectivity index (χ3v) is 13.4. The van der Waals surface area contributed by atoms with Crippen LogP contribution in [-0.4, -0.2) is 143 Å². The maximum Gasteiger partial charge on any atom is 0.412 e. The molecule has 0 saturated carbocycles. The summed E-state index contributed by atoms with van der Waals surface area (Å²) in [5.41, 5.74) is 6.52. The lowest BCUT2D eigenvalue weighted by molar-refractivity contribution is -0.140. The number of imidazole rings is 2. The molecule has 4 aliphatic heterocycles. The number of likely N-dealkylation sites (tertiary alicyclic amines) is 1. The second-order valence-corrected chi connectivity index (χ2v) is 20.1. The molecule has 32 heteroatoms. The van der Waals surface area contributed by atoms with E-state index in [4.69, 9.17) is 61.7 Å². The lowest BCUT2D eigenvalue weighted by Gasteiger charge is -2.29. The Kier molecular flexibility index (Phi) is 11.8. The van der Waals surface area contributed by atoms with Gasteiger partial charge in [-0.1, -0.05) is 12.1 Å². The summed E-state index contributed by atoms with van der Waals surface area (Å²) in [6.45, 7) is -8.55. The fraction of sp³-hybridized carbons (Fsp3) is 0.516. The fourth-order valence-electron chi connectivity index (χ4n) is 7.31. The van der Waals surface area contributed by atoms with Crippen molar-refractivity contribution in [2.75, 3.05) is 30.9 Å². The molecule has 11 atom stereocenters. The summed E-state index contributed by atoms with van der Waals surface area (Å²) in [6, 6.07) is 0. The molecule has 4 fully saturated rings. The number of nitrogens with two attached hydrogens (primary N) is 1. The number of nitrogens with zero attached hydrogens (tertiary/aromatic N) is 12. The van der Waals surface area contributed by atoms with Gasteiger partial charge in [0.2, 0.25) is 11.8 Å². The van der Waals surface area contributed by atoms with Gasteiger partial charge in [-0.3, -0.25) is 38.0 Å². The topological polar surface area (TPSA) is 315 Å². The number of halogens is 2. The van der Waals surface area contributed by atoms with E-state index in [0.717, 1.165) is 28.4 Å². The van der Waals surface area contributed by atoms with Crippen LogP contribution < -0.4 is 11.1 Å². The number of nitrogen functional groups attached to an aromatic ring is 1. The highest BCUT2D eigenvalue weighted by molar-refractivity contribution is 8.07. The van der Waals surface area contributed by atoms with E-state index >= 15 is 8.78 Å². The SMILES string of the molecule is CC1CC(=O)N(Cc2cn(CCOC(=O)Nc3ncnc4c3ncn4[C@@H]3O[C@@H]4COP(O)(=S)O[C@H]5[C@@H](F)[C@H](n6cnc7c(N)ncnc76)O[C@@H]5COP(O)(=S)O[C@H]4[C@H]3F)nn2)C1=O. The van der Waals surface area contributed by atoms with Crippen molar-refractivity contribution in [3.8, 4) is 0 Å². The van der Waals surface area contributed by atoms with Crippen LogP contribution in [0, 0.1) is 5.92 Å². The first-order valence-corrected chi connectivity index (χ1v) is 23.9. The van der Waals surface area contributed by atoms with Crippen molar-refractivity contribution in [2.45, 2.75) is 75.6 Å². The average Bonchev–Trinajstić information content (AvgIpc) is 4.10. The molecule has 0 radical (unpaired) electrons. The minimum absolute atomic E-state index is 0.00496. The Bertz CT molecular complexity index is 2700. The number of ether oxygens (including phenoxy) is 3. The number of carbonyl (C=O) groups is 3. The molecular formula is C31H34F2N14O12P2S2. The lowest BCUT2D eigenvalue weighted by Crippen LogP contribution is -2.37. The highest BCUT2D eigenvalue weighted by Crippen LogP contribution is 2.54. The van der Waals surface area contributed by atoms with Gasteiger partial charge in [-0.05, 0) is 23.6 Å². The lowest BCUT2D eigenvalue weighted by atomic mass is 10.1. The van der Waals surface area contributed by atoms with E-state index in [-0.39, 0.29) is 71.9 Å². The number of nitrogens with one attached hydrogen (secondary N) is 1. The van der Waals surface area contributed by atoms with E-state index in [1.165, 1.54) is 21.8 Å². The van der Waals surface area contributed by atoms with Crippen LogP contribution >= 0.6 is 13.4 Å². The van der Waals surface area contributed by atoms with Gasteiger partial charge >= 0.3 is 19.5 Å². The van der Waals surface area contributed by atoms with Crippen LogP contribution in [-0.2, 0) is 78.6 Å². The zero-order chi connectivity index (χ0) is 44.4. The molecule has 0 aromatic carbocycles. The van der Waals surface area contributed by atoms with Gasteiger partial charge in [0.15, 0.2) is 53.2 Å². The van der Waals surface area contributed by atoms with Gasteiger partial charge in [-0.25, -0.2) is 48.2 Å². The third-order valence-electron chi connectivity index (χ3n) is 10.3. The third kappa shape index (κ3) is 8.65. The van der Waals surface area contributed by atoms with E-state index in [1.54, 1.807) is 6.92 Å². The quantitative estimate of drug-likeness (QED) is 0.123. The van der Waals surface area contributed by atoms with Crippen LogP contribution in [0.4, 0.5) is 25.2 Å². The van der Waals surface area contributed by atoms with Crippen LogP contribution in [0.2, 0.25) is 0 Å². The molecule has 4 aliphatic rings. The molecule has 3 amide bonds. The van der Waals surface area contributed by atoms with E-state index in [2.05, 4.69) is 45.5 Å². The number of amides is 3. The molecule has 9 heterocycles. The van der Waals surface area contributed by atoms with Crippen molar-refractivity contribution < 1.29 is 65.3 Å². The predicted octanol–water partition coefficient (Wildman–Crippen LogP) is 0.705. The molecule has 9 rings (SSSR count). The molecule has 3 unspecified atom stereocenters. The van der Waals surface area contributed by atoms with Crippen molar-refractivity contribution >= 4 is 88.9 Å². The van der Waals surface area contributed by atoms with Gasteiger partial charge in [0.05, 0.1) is 45.2 Å². The molecule has 0 bridgehead atoms. The summed E-state index contributed by atoms with van der Waals surface area (Å²) >= 11 is 10.4. The van der Waals surface area contributed by atoms with Crippen molar-refractivity contribution in [3.63, 3.8) is 0 Å². The van der Waals surface area contributed by atoms with Gasteiger partial charge in [-0.15, -0.1) is 5.10 Å². The van der Waals surface area contributed by atoms with Gasteiger partial charge in [0.25, 0.3) is 0 Å². The van der Waals surface area contributed by atoms with Crippen molar-refractivity contribution in [1.29, 1.82) is 0 Å². The summed E-state index contributed by atoms with van der Waals surface area (Å²) in [5, 5.41) is 10.4. The minimum Gasteiger partial charge on any atom is -0.447 e. The molecule has 0 spiro atoms. The van der Waals surface area contributed by atoms with Crippen LogP contribution in [0.1, 0.15) is 31.5 Å². The van der Waals surface area contributed by atoms with Crippen LogP contribution in [0.3, 0.4) is 0 Å². The van der Waals surface area contributed by atoms with Crippen molar-refractivity contribution in [2.24, 2.45) is 5.92 Å². The highest BCUT2D eigenvalue weighted by Gasteiger charge is 2.54. The van der Waals surface area contributed by atoms with E-state index in [0.29, 0.717) is 5.69 Å². The Morgan fingerprint density at radius 3 is 2.11 bits per heavy atom. The number of fused-ring (bicyclic) bond motifs is 4. The Labute approximate surface area is 361 Å². The zero-order valence-electron chi connectivity index (χ0n) is 32.2. The number of hydrogen-bond acceptors (Lipinski definition) is 21. The second-order valence-electron chi connectivity index (χ2n) is 14.5. The minimum atomic E-state index is -4.37. The first-order chi connectivity index (χ1) is 30.1. The number of anilines is 2. The Balaban J connectivity index is 0.854. The van der Waals surface area contributed by atoms with Gasteiger partial charge < -0.3 is 38.8 Å². The molecule has 4 saturated heterocycles. The molecule has 63 heavy (non-hydrogen) atoms. The van der Waals surface area contributed by atoms with Crippen LogP contribution in [0.5, 0.6) is 0 Å². The smallest absolute Gasteiger partial charge is 0.412 e. The maximum absolute atomic E-state index is 16.5. The molecule has 26 nitrogen and oxygen atoms in total. The number of imide groups is 1. The summed E-state index contributed by atoms with van der Waals surface area (Å²) in [7, 11) is 0. The highest BCUT2D eigenvalue weighted by atomic mass is 32.5. The fourth-order valence-corrected chi connectivity index (χ4v) is 10.2. The molecule has 0 aliphatic carbocycles. The average molecular weight is 959 g/mol. The standard InChI is InChI=1S/C31H34F2N14O12P2S2/c1-13-4-17(48)45(28(13)49)6-14-5-44(43-42-14)2-3-53-31(50)41-25-21-27(38-10-36-25)47(12-40-21)30-19(33)23-16(57-30)8-55-60(51,62)58-22-15(7-54-61(52,63)59-23)56-29(18(22)32)46-11-39-20-24(34)35-9-37-26(20)46/h5,9-13,15-16,18-19,22-23,29-30H,2-4,6-8H2,1H3,(H,51,62)(H,52,63)(H2,34,35,37)(H,36,38,41,50)/t13?,15-,16-,18-,19-,22-,23-,29-,30-,60?,61?/m1/s1. The molecular weight excluding hydrogens is 925 g/mol. The number of carbonyl (C=O) groups excluding carboxylic acids is 3. The Morgan fingerprint density at radius 2 is 1.51 bits per heavy atom. The molecule has 5 aromatic heterocycles. The Morgan fingerprint density at radius 1 is 0.921 bits per heavy atom. The van der Waals surface area contributed by atoms with Crippen LogP contribution in [0.15, 0.2) is 31.5 Å². The summed E-state index contributed by atoms with van der Waals surface area (Å²) < 4.78 is 75.9. The van der Waals surface area contributed by atoms with E-state index < -0.39 is 87.9 Å². The summed E-state index contributed by atoms with van der Waals surface area (Å²) in [6.07, 6.45) is -8.10.